The molecule has 6 nitrogen and oxygen atoms in total. The minimum absolute atomic E-state index is 0.000594. The van der Waals surface area contributed by atoms with Crippen LogP contribution in [0, 0.1) is 51.2 Å². The minimum atomic E-state index is -4.59. The van der Waals surface area contributed by atoms with Gasteiger partial charge in [-0.15, -0.1) is 0 Å². The van der Waals surface area contributed by atoms with E-state index >= 15 is 0 Å². The number of fused-ring (bicyclic) bond motifs is 1. The molecular weight excluding hydrogens is 679 g/mol. The summed E-state index contributed by atoms with van der Waals surface area (Å²) in [7, 11) is 0. The van der Waals surface area contributed by atoms with Crippen LogP contribution in [-0.2, 0) is 10.9 Å². The first kappa shape index (κ1) is 38.6. The second-order valence-electron chi connectivity index (χ2n) is 18.9. The quantitative estimate of drug-likeness (QED) is 0.205. The molecule has 7 aliphatic carbocycles. The second kappa shape index (κ2) is 13.2. The molecule has 1 aromatic rings. The van der Waals surface area contributed by atoms with Crippen LogP contribution in [0.1, 0.15) is 128 Å². The molecule has 1 amide bonds. The molecule has 7 aliphatic rings. The first-order valence-electron chi connectivity index (χ1n) is 20.4. The normalized spacial score (nSPS) is 41.7. The van der Waals surface area contributed by atoms with Crippen molar-refractivity contribution >= 4 is 11.9 Å². The number of hydrogen-bond donors (Lipinski definition) is 2. The molecule has 0 heterocycles. The van der Waals surface area contributed by atoms with Crippen LogP contribution in [0.5, 0.6) is 0 Å². The van der Waals surface area contributed by atoms with Gasteiger partial charge in [-0.05, 0) is 111 Å². The number of nitrogens with zero attached hydrogens (tertiary/aromatic N) is 1. The maximum Gasteiger partial charge on any atom is 0.416 e. The molecule has 0 aliphatic heterocycles. The molecule has 4 saturated carbocycles. The van der Waals surface area contributed by atoms with Gasteiger partial charge in [-0.25, -0.2) is 4.79 Å². The molecule has 9 heteroatoms. The van der Waals surface area contributed by atoms with Crippen LogP contribution in [0.25, 0.3) is 0 Å². The number of carbonyl (C=O) groups is 2. The van der Waals surface area contributed by atoms with E-state index in [9.17, 15) is 33.0 Å². The highest BCUT2D eigenvalue weighted by Gasteiger charge is 2.74. The van der Waals surface area contributed by atoms with Crippen LogP contribution in [0.15, 0.2) is 48.1 Å². The average molecular weight is 740 g/mol. The van der Waals surface area contributed by atoms with E-state index in [4.69, 9.17) is 4.74 Å². The lowest BCUT2D eigenvalue weighted by Crippen LogP contribution is -2.67. The van der Waals surface area contributed by atoms with Gasteiger partial charge in [0.15, 0.2) is 5.78 Å². The van der Waals surface area contributed by atoms with Crippen LogP contribution in [0.3, 0.4) is 0 Å². The third-order valence-electron chi connectivity index (χ3n) is 15.8. The van der Waals surface area contributed by atoms with Gasteiger partial charge >= 0.3 is 12.3 Å². The number of halogens is 3. The fraction of sp³-hybridized carbons (Fsp3) is 0.727. The van der Waals surface area contributed by atoms with Crippen LogP contribution in [0.2, 0.25) is 0 Å². The van der Waals surface area contributed by atoms with Crippen LogP contribution < -0.4 is 0 Å². The van der Waals surface area contributed by atoms with Crippen molar-refractivity contribution in [1.29, 1.82) is 0 Å². The molecule has 0 saturated heterocycles. The molecular formula is C44H60F3NO5. The third kappa shape index (κ3) is 5.87. The van der Waals surface area contributed by atoms with Gasteiger partial charge in [0.05, 0.1) is 23.8 Å². The van der Waals surface area contributed by atoms with E-state index in [-0.39, 0.29) is 41.6 Å². The Kier molecular flexibility index (Phi) is 9.65. The Morgan fingerprint density at radius 1 is 1.00 bits per heavy atom. The zero-order valence-electron chi connectivity index (χ0n) is 32.5. The molecule has 4 fully saturated rings. The number of aliphatic hydroxyl groups excluding tert-OH is 1. The summed E-state index contributed by atoms with van der Waals surface area (Å²) >= 11 is 0. The highest BCUT2D eigenvalue weighted by atomic mass is 19.4. The predicted molar refractivity (Wildman–Crippen MR) is 198 cm³/mol. The number of hydrogen-bond acceptors (Lipinski definition) is 5. The fourth-order valence-corrected chi connectivity index (χ4v) is 12.9. The summed E-state index contributed by atoms with van der Waals surface area (Å²) in [6.45, 7) is 13.6. The molecule has 2 N–H and O–H groups in total. The largest absolute Gasteiger partial charge is 0.446 e. The van der Waals surface area contributed by atoms with Crippen molar-refractivity contribution in [2.75, 3.05) is 13.1 Å². The standard InChI is InChI=1S/C44H60F3NO5/c1-7-21-48(38(51)53-34-22-28(4)11-12-32(34)27(2)3)26-42(52)18-15-36-40(42,6)17-14-35-39(5)16-13-31(49)24-41(39)19-20-43(35,36)33(25-41)37(50)29-9-8-10-30(23-29)44(45,46)47/h8-10,19-20,23,25,27-28,31-32,34-36,49,52H,7,11-18,21-22,24,26H2,1-6H3. The van der Waals surface area contributed by atoms with Crippen molar-refractivity contribution in [2.45, 2.75) is 136 Å². The third-order valence-corrected chi connectivity index (χ3v) is 15.8. The first-order chi connectivity index (χ1) is 24.8. The van der Waals surface area contributed by atoms with Gasteiger partial charge in [0.25, 0.3) is 0 Å². The maximum atomic E-state index is 14.8. The Labute approximate surface area is 313 Å². The highest BCUT2D eigenvalue weighted by Crippen LogP contribution is 2.78. The molecule has 0 radical (unpaired) electrons. The summed E-state index contributed by atoms with van der Waals surface area (Å²) in [6, 6.07) is 4.73. The summed E-state index contributed by atoms with van der Waals surface area (Å²) in [6.07, 6.45) is 8.74. The summed E-state index contributed by atoms with van der Waals surface area (Å²) in [5, 5.41) is 23.9. The summed E-state index contributed by atoms with van der Waals surface area (Å²) in [5.41, 5.74) is -4.01. The fourth-order valence-electron chi connectivity index (χ4n) is 12.9. The van der Waals surface area contributed by atoms with Crippen molar-refractivity contribution in [3.63, 3.8) is 0 Å². The Morgan fingerprint density at radius 2 is 1.70 bits per heavy atom. The van der Waals surface area contributed by atoms with E-state index in [1.54, 1.807) is 4.90 Å². The van der Waals surface area contributed by atoms with E-state index in [1.807, 2.05) is 13.0 Å². The van der Waals surface area contributed by atoms with Crippen molar-refractivity contribution in [2.24, 2.45) is 51.2 Å². The number of Topliss-reactive ketones (excluding diaryl/α,β-unsaturated/α-hetero) is 1. The number of benzene rings is 1. The smallest absolute Gasteiger partial charge is 0.416 e. The molecule has 292 valence electrons. The maximum absolute atomic E-state index is 14.8. The highest BCUT2D eigenvalue weighted by molar-refractivity contribution is 6.10. The lowest BCUT2D eigenvalue weighted by Gasteiger charge is -2.71. The van der Waals surface area contributed by atoms with Gasteiger partial charge in [-0.3, -0.25) is 4.79 Å². The van der Waals surface area contributed by atoms with E-state index in [0.29, 0.717) is 68.4 Å². The molecule has 2 spiro atoms. The summed E-state index contributed by atoms with van der Waals surface area (Å²) in [4.78, 5) is 30.6. The van der Waals surface area contributed by atoms with E-state index in [2.05, 4.69) is 46.8 Å². The number of carbonyl (C=O) groups excluding carboxylic acids is 2. The molecule has 11 unspecified atom stereocenters. The molecule has 8 rings (SSSR count). The Balaban J connectivity index is 1.26. The van der Waals surface area contributed by atoms with Crippen LogP contribution >= 0.6 is 0 Å². The lowest BCUT2D eigenvalue weighted by molar-refractivity contribution is -0.175. The lowest BCUT2D eigenvalue weighted by atomic mass is 9.32. The van der Waals surface area contributed by atoms with E-state index < -0.39 is 45.5 Å². The molecule has 1 aromatic carbocycles. The van der Waals surface area contributed by atoms with Crippen molar-refractivity contribution in [1.82, 2.24) is 4.90 Å². The van der Waals surface area contributed by atoms with Gasteiger partial charge in [-0.1, -0.05) is 78.3 Å². The number of rotatable bonds is 8. The van der Waals surface area contributed by atoms with Gasteiger partial charge in [0.1, 0.15) is 6.10 Å². The van der Waals surface area contributed by atoms with Gasteiger partial charge in [0.2, 0.25) is 0 Å². The van der Waals surface area contributed by atoms with Gasteiger partial charge < -0.3 is 19.8 Å². The molecule has 11 atom stereocenters. The number of amides is 1. The monoisotopic (exact) mass is 739 g/mol. The zero-order valence-corrected chi connectivity index (χ0v) is 32.5. The second-order valence-corrected chi connectivity index (χ2v) is 18.9. The Bertz CT molecular complexity index is 1670. The molecule has 0 aromatic heterocycles. The first-order valence-corrected chi connectivity index (χ1v) is 20.4. The summed E-state index contributed by atoms with van der Waals surface area (Å²) in [5.74, 6) is 0.555. The van der Waals surface area contributed by atoms with Gasteiger partial charge in [0, 0.05) is 33.9 Å². The summed E-state index contributed by atoms with van der Waals surface area (Å²) < 4.78 is 48.0. The zero-order chi connectivity index (χ0) is 38.4. The van der Waals surface area contributed by atoms with Gasteiger partial charge in [-0.2, -0.15) is 13.2 Å². The number of ketones is 1. The topological polar surface area (TPSA) is 87.1 Å². The van der Waals surface area contributed by atoms with E-state index in [0.717, 1.165) is 44.2 Å². The van der Waals surface area contributed by atoms with Crippen LogP contribution in [0.4, 0.5) is 18.0 Å². The van der Waals surface area contributed by atoms with Crippen molar-refractivity contribution in [3.05, 3.63) is 59.2 Å². The number of alkyl halides is 3. The number of allylic oxidation sites excluding steroid dienone is 4. The Hall–Kier alpha value is -2.65. The average Bonchev–Trinajstić information content (AvgIpc) is 3.37. The van der Waals surface area contributed by atoms with E-state index in [1.165, 1.54) is 12.1 Å². The molecule has 2 bridgehead atoms. The number of aliphatic hydroxyl groups is 2. The SMILES string of the molecule is CCCN(CC1(O)CCC2C34C=CC5(C=C3C(=O)c3cccc(C(F)(F)F)c3)CC(O)CCC5(C)C4CCC21C)C(=O)OC1CC(C)CCC1C(C)C. The number of ether oxygens (including phenoxy) is 1. The minimum Gasteiger partial charge on any atom is -0.446 e. The van der Waals surface area contributed by atoms with Crippen molar-refractivity contribution < 1.29 is 37.7 Å². The van der Waals surface area contributed by atoms with Crippen molar-refractivity contribution in [3.8, 4) is 0 Å². The predicted octanol–water partition coefficient (Wildman–Crippen LogP) is 9.79. The van der Waals surface area contributed by atoms with Crippen LogP contribution in [-0.4, -0.2) is 57.9 Å². The molecule has 53 heavy (non-hydrogen) atoms. The Morgan fingerprint density at radius 3 is 2.40 bits per heavy atom.